The largest absolute Gasteiger partial charge is 0.456 e. The third-order valence-corrected chi connectivity index (χ3v) is 8.26. The SMILES string of the molecule is Cc1ccc(C(=O)Oc2ccc(C(=O)COC(=O)C(CC(C)C)N3C(=O)C4C5CCC(C5)C4C3=O)cc2)cc1. The van der Waals surface area contributed by atoms with Crippen LogP contribution in [-0.2, 0) is 19.1 Å². The summed E-state index contributed by atoms with van der Waals surface area (Å²) in [6.07, 6.45) is 3.10. The van der Waals surface area contributed by atoms with E-state index in [0.717, 1.165) is 29.7 Å². The molecule has 204 valence electrons. The number of rotatable bonds is 9. The molecule has 1 aliphatic heterocycles. The number of fused-ring (bicyclic) bond motifs is 5. The van der Waals surface area contributed by atoms with Crippen LogP contribution in [0.3, 0.4) is 0 Å². The highest BCUT2D eigenvalue weighted by molar-refractivity contribution is 6.09. The van der Waals surface area contributed by atoms with E-state index >= 15 is 0 Å². The molecular weight excluding hydrogens is 498 g/mol. The maximum absolute atomic E-state index is 13.3. The number of hydrogen-bond donors (Lipinski definition) is 0. The summed E-state index contributed by atoms with van der Waals surface area (Å²) in [5, 5.41) is 0. The van der Waals surface area contributed by atoms with Gasteiger partial charge in [-0.1, -0.05) is 31.5 Å². The molecule has 2 aromatic carbocycles. The lowest BCUT2D eigenvalue weighted by atomic mass is 9.81. The van der Waals surface area contributed by atoms with E-state index in [-0.39, 0.29) is 59.1 Å². The van der Waals surface area contributed by atoms with E-state index in [1.54, 1.807) is 12.1 Å². The summed E-state index contributed by atoms with van der Waals surface area (Å²) < 4.78 is 10.7. The molecule has 1 saturated heterocycles. The van der Waals surface area contributed by atoms with Crippen LogP contribution in [0.15, 0.2) is 48.5 Å². The minimum absolute atomic E-state index is 0.0335. The lowest BCUT2D eigenvalue weighted by Gasteiger charge is -2.27. The molecule has 5 atom stereocenters. The Kier molecular flexibility index (Phi) is 7.38. The number of ketones is 1. The smallest absolute Gasteiger partial charge is 0.343 e. The summed E-state index contributed by atoms with van der Waals surface area (Å²) >= 11 is 0. The predicted octanol–water partition coefficient (Wildman–Crippen LogP) is 4.39. The molecule has 39 heavy (non-hydrogen) atoms. The molecule has 0 aromatic heterocycles. The molecule has 0 N–H and O–H groups in total. The molecule has 5 unspecified atom stereocenters. The highest BCUT2D eigenvalue weighted by Crippen LogP contribution is 2.56. The zero-order valence-electron chi connectivity index (χ0n) is 22.4. The van der Waals surface area contributed by atoms with Crippen molar-refractivity contribution in [1.82, 2.24) is 4.90 Å². The van der Waals surface area contributed by atoms with Crippen LogP contribution in [0.5, 0.6) is 5.75 Å². The number of aryl methyl sites for hydroxylation is 1. The average molecular weight is 532 g/mol. The summed E-state index contributed by atoms with van der Waals surface area (Å²) in [7, 11) is 0. The number of carbonyl (C=O) groups excluding carboxylic acids is 5. The molecule has 2 saturated carbocycles. The van der Waals surface area contributed by atoms with Gasteiger partial charge in [0.05, 0.1) is 17.4 Å². The van der Waals surface area contributed by atoms with E-state index in [9.17, 15) is 24.0 Å². The Morgan fingerprint density at radius 2 is 1.44 bits per heavy atom. The number of Topliss-reactive ketones (excluding diaryl/α,β-unsaturated/α-hetero) is 1. The quantitative estimate of drug-likeness (QED) is 0.204. The Hall–Kier alpha value is -3.81. The maximum atomic E-state index is 13.3. The summed E-state index contributed by atoms with van der Waals surface area (Å²) in [5.74, 6) is -2.12. The fourth-order valence-corrected chi connectivity index (χ4v) is 6.37. The van der Waals surface area contributed by atoms with Gasteiger partial charge in [-0.3, -0.25) is 19.3 Å². The van der Waals surface area contributed by atoms with Gasteiger partial charge in [0, 0.05) is 5.56 Å². The second-order valence-corrected chi connectivity index (χ2v) is 11.4. The molecule has 8 heteroatoms. The topological polar surface area (TPSA) is 107 Å². The van der Waals surface area contributed by atoms with E-state index in [1.165, 1.54) is 24.3 Å². The molecule has 5 rings (SSSR count). The summed E-state index contributed by atoms with van der Waals surface area (Å²) in [5.41, 5.74) is 1.71. The molecular formula is C31H33NO7. The van der Waals surface area contributed by atoms with Crippen molar-refractivity contribution in [3.8, 4) is 5.75 Å². The Bertz CT molecular complexity index is 1270. The van der Waals surface area contributed by atoms with Crippen molar-refractivity contribution in [2.24, 2.45) is 29.6 Å². The normalized spacial score (nSPS) is 24.2. The first-order valence-corrected chi connectivity index (χ1v) is 13.6. The summed E-state index contributed by atoms with van der Waals surface area (Å²) in [4.78, 5) is 65.9. The van der Waals surface area contributed by atoms with Gasteiger partial charge < -0.3 is 9.47 Å². The number of carbonyl (C=O) groups is 5. The highest BCUT2D eigenvalue weighted by atomic mass is 16.5. The highest BCUT2D eigenvalue weighted by Gasteiger charge is 2.62. The number of benzene rings is 2. The van der Waals surface area contributed by atoms with Crippen LogP contribution in [0.4, 0.5) is 0 Å². The molecule has 2 amide bonds. The van der Waals surface area contributed by atoms with Crippen molar-refractivity contribution in [2.45, 2.75) is 52.5 Å². The standard InChI is InChI=1S/C31H33NO7/c1-17(2)14-24(32-28(34)26-21-8-9-22(15-21)27(26)29(32)35)31(37)38-16-25(33)19-10-12-23(13-11-19)39-30(36)20-6-4-18(3)5-7-20/h4-7,10-13,17,21-22,24,26-27H,8-9,14-16H2,1-3H3. The first kappa shape index (κ1) is 26.8. The van der Waals surface area contributed by atoms with Gasteiger partial charge in [0.2, 0.25) is 11.8 Å². The molecule has 2 bridgehead atoms. The van der Waals surface area contributed by atoms with Crippen molar-refractivity contribution in [1.29, 1.82) is 0 Å². The molecule has 1 heterocycles. The fourth-order valence-electron chi connectivity index (χ4n) is 6.37. The van der Waals surface area contributed by atoms with Crippen LogP contribution in [0.2, 0.25) is 0 Å². The van der Waals surface area contributed by atoms with Gasteiger partial charge >= 0.3 is 11.9 Å². The van der Waals surface area contributed by atoms with Crippen LogP contribution < -0.4 is 4.74 Å². The second-order valence-electron chi connectivity index (χ2n) is 11.4. The molecule has 3 fully saturated rings. The van der Waals surface area contributed by atoms with E-state index in [1.807, 2.05) is 32.9 Å². The monoisotopic (exact) mass is 531 g/mol. The Morgan fingerprint density at radius 3 is 2.00 bits per heavy atom. The minimum atomic E-state index is -1.04. The van der Waals surface area contributed by atoms with Gasteiger partial charge in [-0.15, -0.1) is 0 Å². The number of hydrogen-bond acceptors (Lipinski definition) is 7. The van der Waals surface area contributed by atoms with Crippen LogP contribution in [-0.4, -0.2) is 47.1 Å². The first-order chi connectivity index (χ1) is 18.6. The van der Waals surface area contributed by atoms with Crippen molar-refractivity contribution in [3.05, 3.63) is 65.2 Å². The van der Waals surface area contributed by atoms with Crippen molar-refractivity contribution in [3.63, 3.8) is 0 Å². The molecule has 0 spiro atoms. The van der Waals surface area contributed by atoms with Gasteiger partial charge in [-0.05, 0) is 86.8 Å². The molecule has 3 aliphatic rings. The number of ether oxygens (including phenoxy) is 2. The van der Waals surface area contributed by atoms with Crippen molar-refractivity contribution in [2.75, 3.05) is 6.61 Å². The Balaban J connectivity index is 1.20. The third kappa shape index (κ3) is 5.24. The van der Waals surface area contributed by atoms with Crippen LogP contribution in [0, 0.1) is 36.5 Å². The van der Waals surface area contributed by atoms with Gasteiger partial charge in [0.1, 0.15) is 11.8 Å². The molecule has 2 aliphatic carbocycles. The van der Waals surface area contributed by atoms with Crippen LogP contribution in [0.25, 0.3) is 0 Å². The summed E-state index contributed by atoms with van der Waals surface area (Å²) in [6.45, 7) is 5.22. The van der Waals surface area contributed by atoms with Gasteiger partial charge in [0.25, 0.3) is 0 Å². The lowest BCUT2D eigenvalue weighted by molar-refractivity contribution is -0.159. The zero-order valence-corrected chi connectivity index (χ0v) is 22.4. The lowest BCUT2D eigenvalue weighted by Crippen LogP contribution is -2.48. The van der Waals surface area contributed by atoms with E-state index < -0.39 is 30.4 Å². The van der Waals surface area contributed by atoms with Gasteiger partial charge in [0.15, 0.2) is 12.4 Å². The predicted molar refractivity (Wildman–Crippen MR) is 141 cm³/mol. The van der Waals surface area contributed by atoms with Crippen molar-refractivity contribution >= 4 is 29.5 Å². The second kappa shape index (κ2) is 10.8. The van der Waals surface area contributed by atoms with E-state index in [4.69, 9.17) is 9.47 Å². The first-order valence-electron chi connectivity index (χ1n) is 13.6. The molecule has 8 nitrogen and oxygen atoms in total. The average Bonchev–Trinajstić information content (AvgIpc) is 3.60. The fraction of sp³-hybridized carbons (Fsp3) is 0.452. The number of amides is 2. The zero-order chi connectivity index (χ0) is 27.8. The maximum Gasteiger partial charge on any atom is 0.343 e. The van der Waals surface area contributed by atoms with E-state index in [2.05, 4.69) is 0 Å². The van der Waals surface area contributed by atoms with Crippen LogP contribution in [0.1, 0.15) is 65.8 Å². The van der Waals surface area contributed by atoms with Crippen molar-refractivity contribution < 1.29 is 33.4 Å². The van der Waals surface area contributed by atoms with E-state index in [0.29, 0.717) is 5.56 Å². The number of nitrogens with zero attached hydrogens (tertiary/aromatic N) is 1. The molecule has 2 aromatic rings. The number of likely N-dealkylation sites (tertiary alicyclic amines) is 1. The number of esters is 2. The third-order valence-electron chi connectivity index (χ3n) is 8.26. The molecule has 0 radical (unpaired) electrons. The Labute approximate surface area is 227 Å². The van der Waals surface area contributed by atoms with Gasteiger partial charge in [-0.25, -0.2) is 9.59 Å². The van der Waals surface area contributed by atoms with Gasteiger partial charge in [-0.2, -0.15) is 0 Å². The van der Waals surface area contributed by atoms with Crippen LogP contribution >= 0.6 is 0 Å². The summed E-state index contributed by atoms with van der Waals surface area (Å²) in [6, 6.07) is 11.9. The Morgan fingerprint density at radius 1 is 0.872 bits per heavy atom. The minimum Gasteiger partial charge on any atom is -0.456 e. The number of imide groups is 1.